The highest BCUT2D eigenvalue weighted by Gasteiger charge is 2.22. The van der Waals surface area contributed by atoms with Crippen LogP contribution in [0.25, 0.3) is 6.08 Å². The van der Waals surface area contributed by atoms with Crippen molar-refractivity contribution in [2.45, 2.75) is 6.18 Å². The van der Waals surface area contributed by atoms with Crippen molar-refractivity contribution >= 4 is 6.08 Å². The van der Waals surface area contributed by atoms with Crippen molar-refractivity contribution in [2.75, 3.05) is 6.61 Å². The van der Waals surface area contributed by atoms with Gasteiger partial charge in [-0.3, -0.25) is 0 Å². The molecule has 0 heterocycles. The topological polar surface area (TPSA) is 9.23 Å². The van der Waals surface area contributed by atoms with Crippen LogP contribution in [0.4, 0.5) is 13.2 Å². The molecule has 0 unspecified atom stereocenters. The molecule has 1 rings (SSSR count). The highest BCUT2D eigenvalue weighted by Crippen LogP contribution is 2.15. The Morgan fingerprint density at radius 3 is 2.44 bits per heavy atom. The van der Waals surface area contributed by atoms with Gasteiger partial charge in [0.25, 0.3) is 0 Å². The third-order valence-electron chi connectivity index (χ3n) is 1.66. The molecule has 0 bridgehead atoms. The van der Waals surface area contributed by atoms with Crippen LogP contribution in [0.15, 0.2) is 48.7 Å². The highest BCUT2D eigenvalue weighted by atomic mass is 19.4. The molecule has 0 saturated heterocycles. The van der Waals surface area contributed by atoms with Gasteiger partial charge in [-0.25, -0.2) is 0 Å². The Balaban J connectivity index is 2.26. The van der Waals surface area contributed by atoms with Gasteiger partial charge in [-0.15, -0.1) is 0 Å². The van der Waals surface area contributed by atoms with E-state index in [1.165, 1.54) is 0 Å². The molecule has 0 amide bonds. The second kappa shape index (κ2) is 6.00. The molecule has 1 aromatic rings. The van der Waals surface area contributed by atoms with E-state index in [0.717, 1.165) is 5.56 Å². The quantitative estimate of drug-likeness (QED) is 0.562. The van der Waals surface area contributed by atoms with E-state index in [1.807, 2.05) is 30.3 Å². The monoisotopic (exact) mass is 228 g/mol. The molecule has 1 aromatic carbocycles. The first-order valence-electron chi connectivity index (χ1n) is 4.65. The van der Waals surface area contributed by atoms with Crippen LogP contribution in [0.5, 0.6) is 0 Å². The van der Waals surface area contributed by atoms with Gasteiger partial charge >= 0.3 is 6.18 Å². The van der Waals surface area contributed by atoms with Crippen LogP contribution in [0.3, 0.4) is 0 Å². The van der Waals surface area contributed by atoms with E-state index in [1.54, 1.807) is 12.2 Å². The third kappa shape index (κ3) is 5.90. The molecule has 16 heavy (non-hydrogen) atoms. The number of alkyl halides is 3. The van der Waals surface area contributed by atoms with Gasteiger partial charge in [0.2, 0.25) is 0 Å². The molecular formula is C12H11F3O. The van der Waals surface area contributed by atoms with Crippen LogP contribution in [0.1, 0.15) is 5.56 Å². The van der Waals surface area contributed by atoms with E-state index in [0.29, 0.717) is 6.26 Å². The maximum atomic E-state index is 11.6. The fraction of sp³-hybridized carbons (Fsp3) is 0.167. The summed E-state index contributed by atoms with van der Waals surface area (Å²) in [7, 11) is 0. The second-order valence-electron chi connectivity index (χ2n) is 2.99. The zero-order valence-corrected chi connectivity index (χ0v) is 8.45. The van der Waals surface area contributed by atoms with Gasteiger partial charge in [-0.2, -0.15) is 13.2 Å². The van der Waals surface area contributed by atoms with E-state index in [2.05, 4.69) is 4.74 Å². The molecule has 0 saturated carbocycles. The molecule has 0 N–H and O–H groups in total. The zero-order valence-electron chi connectivity index (χ0n) is 8.45. The summed E-state index contributed by atoms with van der Waals surface area (Å²) in [6, 6.07) is 9.43. The minimum Gasteiger partial charge on any atom is -0.497 e. The fourth-order valence-electron chi connectivity index (χ4n) is 0.985. The number of hydrogen-bond donors (Lipinski definition) is 0. The van der Waals surface area contributed by atoms with Gasteiger partial charge in [0.15, 0.2) is 0 Å². The number of allylic oxidation sites excluding steroid dienone is 1. The largest absolute Gasteiger partial charge is 0.497 e. The van der Waals surface area contributed by atoms with Crippen molar-refractivity contribution in [2.24, 2.45) is 0 Å². The normalized spacial score (nSPS) is 12.4. The van der Waals surface area contributed by atoms with E-state index in [4.69, 9.17) is 0 Å². The van der Waals surface area contributed by atoms with Crippen molar-refractivity contribution in [1.82, 2.24) is 0 Å². The van der Waals surface area contributed by atoms with E-state index in [9.17, 15) is 13.2 Å². The van der Waals surface area contributed by atoms with Gasteiger partial charge in [0.1, 0.15) is 6.61 Å². The Hall–Kier alpha value is -1.71. The van der Waals surface area contributed by atoms with Crippen molar-refractivity contribution in [3.05, 3.63) is 54.3 Å². The molecule has 0 spiro atoms. The van der Waals surface area contributed by atoms with E-state index < -0.39 is 6.18 Å². The van der Waals surface area contributed by atoms with Crippen molar-refractivity contribution in [3.8, 4) is 0 Å². The predicted molar refractivity (Wildman–Crippen MR) is 56.6 cm³/mol. The first-order chi connectivity index (χ1) is 7.58. The zero-order chi connectivity index (χ0) is 11.9. The molecule has 0 fully saturated rings. The second-order valence-corrected chi connectivity index (χ2v) is 2.99. The average molecular weight is 228 g/mol. The molecule has 86 valence electrons. The molecule has 0 aliphatic rings. The summed E-state index contributed by atoms with van der Waals surface area (Å²) in [5.41, 5.74) is 0.978. The summed E-state index contributed by atoms with van der Waals surface area (Å²) in [6.45, 7) is 0.113. The maximum Gasteiger partial charge on any atom is 0.412 e. The van der Waals surface area contributed by atoms with Gasteiger partial charge in [0.05, 0.1) is 12.3 Å². The molecule has 1 nitrogen and oxygen atoms in total. The lowest BCUT2D eigenvalue weighted by Crippen LogP contribution is -2.00. The molecular weight excluding hydrogens is 217 g/mol. The smallest absolute Gasteiger partial charge is 0.412 e. The maximum absolute atomic E-state index is 11.6. The van der Waals surface area contributed by atoms with E-state index in [-0.39, 0.29) is 12.7 Å². The molecule has 0 aromatic heterocycles. The number of ether oxygens (including phenoxy) is 1. The lowest BCUT2D eigenvalue weighted by Gasteiger charge is -1.98. The van der Waals surface area contributed by atoms with E-state index >= 15 is 0 Å². The Labute approximate surface area is 91.9 Å². The lowest BCUT2D eigenvalue weighted by molar-refractivity contribution is -0.0815. The number of halogens is 3. The van der Waals surface area contributed by atoms with Crippen LogP contribution in [-0.2, 0) is 4.74 Å². The highest BCUT2D eigenvalue weighted by molar-refractivity contribution is 5.48. The van der Waals surface area contributed by atoms with Crippen LogP contribution < -0.4 is 0 Å². The van der Waals surface area contributed by atoms with Gasteiger partial charge in [0, 0.05) is 0 Å². The standard InChI is InChI=1S/C12H11F3O/c13-12(14,15)8-10-16-9-4-7-11-5-2-1-3-6-11/h1-8,10H,9H2/b7-4+,10-8+. The Morgan fingerprint density at radius 1 is 1.12 bits per heavy atom. The molecule has 0 aliphatic carbocycles. The summed E-state index contributed by atoms with van der Waals surface area (Å²) < 4.78 is 39.6. The van der Waals surface area contributed by atoms with Crippen LogP contribution >= 0.6 is 0 Å². The summed E-state index contributed by atoms with van der Waals surface area (Å²) in [5, 5.41) is 0. The van der Waals surface area contributed by atoms with Crippen molar-refractivity contribution < 1.29 is 17.9 Å². The first-order valence-corrected chi connectivity index (χ1v) is 4.65. The Morgan fingerprint density at radius 2 is 1.81 bits per heavy atom. The minimum atomic E-state index is -4.32. The Kier molecular flexibility index (Phi) is 4.64. The lowest BCUT2D eigenvalue weighted by atomic mass is 10.2. The number of benzene rings is 1. The van der Waals surface area contributed by atoms with Crippen LogP contribution in [-0.4, -0.2) is 12.8 Å². The summed E-state index contributed by atoms with van der Waals surface area (Å²) in [6.07, 6.45) is -0.181. The van der Waals surface area contributed by atoms with Crippen molar-refractivity contribution in [1.29, 1.82) is 0 Å². The number of rotatable bonds is 4. The third-order valence-corrected chi connectivity index (χ3v) is 1.66. The van der Waals surface area contributed by atoms with Gasteiger partial charge in [-0.1, -0.05) is 36.4 Å². The summed E-state index contributed by atoms with van der Waals surface area (Å²) >= 11 is 0. The minimum absolute atomic E-state index is 0.0589. The molecule has 0 atom stereocenters. The van der Waals surface area contributed by atoms with Crippen molar-refractivity contribution in [3.63, 3.8) is 0 Å². The molecule has 0 radical (unpaired) electrons. The Bertz CT molecular complexity index is 352. The van der Waals surface area contributed by atoms with Gasteiger partial charge in [-0.05, 0) is 11.6 Å². The first kappa shape index (κ1) is 12.4. The fourth-order valence-corrected chi connectivity index (χ4v) is 0.985. The van der Waals surface area contributed by atoms with Gasteiger partial charge < -0.3 is 4.74 Å². The van der Waals surface area contributed by atoms with Crippen LogP contribution in [0.2, 0.25) is 0 Å². The molecule has 0 aliphatic heterocycles. The predicted octanol–water partition coefficient (Wildman–Crippen LogP) is 3.79. The summed E-state index contributed by atoms with van der Waals surface area (Å²) in [5.74, 6) is 0. The number of hydrogen-bond acceptors (Lipinski definition) is 1. The molecule has 4 heteroatoms. The average Bonchev–Trinajstić information content (AvgIpc) is 2.23. The SMILES string of the molecule is FC(F)(F)/C=C/OC/C=C/c1ccccc1. The van der Waals surface area contributed by atoms with Crippen LogP contribution in [0, 0.1) is 0 Å². The summed E-state index contributed by atoms with van der Waals surface area (Å²) in [4.78, 5) is 0.